The third-order valence-corrected chi connectivity index (χ3v) is 5.31. The first-order chi connectivity index (χ1) is 7.35. The number of rotatable bonds is 2. The molecular formula is C8H12NO6P. The summed E-state index contributed by atoms with van der Waals surface area (Å²) < 4.78 is 17.6. The predicted molar refractivity (Wildman–Crippen MR) is 51.7 cm³/mol. The van der Waals surface area contributed by atoms with E-state index in [-0.39, 0.29) is 0 Å². The Balaban J connectivity index is 2.18. The molecule has 2 fully saturated rings. The highest BCUT2D eigenvalue weighted by Gasteiger charge is 2.66. The molecule has 2 saturated heterocycles. The maximum Gasteiger partial charge on any atom is 0.321 e. The van der Waals surface area contributed by atoms with Crippen LogP contribution in [0.15, 0.2) is 0 Å². The van der Waals surface area contributed by atoms with Crippen molar-refractivity contribution in [3.05, 3.63) is 0 Å². The Bertz CT molecular complexity index is 396. The second-order valence-corrected chi connectivity index (χ2v) is 6.12. The normalized spacial score (nSPS) is 42.2. The Hall–Kier alpha value is -0.910. The van der Waals surface area contributed by atoms with Crippen LogP contribution in [0.25, 0.3) is 0 Å². The molecule has 0 aliphatic carbocycles. The number of carboxylic acids is 1. The number of ether oxygens (including phenoxy) is 1. The Kier molecular flexibility index (Phi) is 2.57. The predicted octanol–water partition coefficient (Wildman–Crippen LogP) is -0.00780. The molecule has 4 unspecified atom stereocenters. The zero-order valence-corrected chi connectivity index (χ0v) is 9.46. The zero-order chi connectivity index (χ0) is 12.1. The van der Waals surface area contributed by atoms with E-state index >= 15 is 0 Å². The van der Waals surface area contributed by atoms with Crippen molar-refractivity contribution in [1.29, 1.82) is 0 Å². The number of carbonyl (C=O) groups is 2. The molecule has 0 saturated carbocycles. The molecule has 0 aromatic rings. The van der Waals surface area contributed by atoms with E-state index in [1.807, 2.05) is 0 Å². The van der Waals surface area contributed by atoms with Crippen molar-refractivity contribution in [3.8, 4) is 0 Å². The van der Waals surface area contributed by atoms with E-state index in [0.29, 0.717) is 12.8 Å². The van der Waals surface area contributed by atoms with Crippen LogP contribution < -0.4 is 0 Å². The minimum absolute atomic E-state index is 0.308. The quantitative estimate of drug-likeness (QED) is 0.524. The zero-order valence-electron chi connectivity index (χ0n) is 8.57. The van der Waals surface area contributed by atoms with E-state index in [9.17, 15) is 19.0 Å². The average Bonchev–Trinajstić information content (AvgIpc) is 2.56. The van der Waals surface area contributed by atoms with Gasteiger partial charge in [-0.1, -0.05) is 0 Å². The number of aliphatic carboxylic acids is 1. The lowest BCUT2D eigenvalue weighted by molar-refractivity contribution is -0.149. The van der Waals surface area contributed by atoms with E-state index in [1.165, 1.54) is 0 Å². The highest BCUT2D eigenvalue weighted by molar-refractivity contribution is 7.57. The summed E-state index contributed by atoms with van der Waals surface area (Å²) in [7, 11) is -3.83. The smallest absolute Gasteiger partial charge is 0.321 e. The Morgan fingerprint density at radius 3 is 2.56 bits per heavy atom. The molecule has 90 valence electrons. The fourth-order valence-electron chi connectivity index (χ4n) is 2.35. The van der Waals surface area contributed by atoms with Gasteiger partial charge in [-0.3, -0.25) is 14.2 Å². The maximum atomic E-state index is 11.8. The molecule has 2 heterocycles. The van der Waals surface area contributed by atoms with Crippen LogP contribution in [0.5, 0.6) is 0 Å². The van der Waals surface area contributed by atoms with Crippen LogP contribution in [0.3, 0.4) is 0 Å². The van der Waals surface area contributed by atoms with Crippen LogP contribution in [0.4, 0.5) is 0 Å². The van der Waals surface area contributed by atoms with Crippen molar-refractivity contribution < 1.29 is 28.9 Å². The summed E-state index contributed by atoms with van der Waals surface area (Å²) in [6.45, 7) is 1.16. The van der Waals surface area contributed by atoms with Crippen molar-refractivity contribution in [2.75, 3.05) is 0 Å². The van der Waals surface area contributed by atoms with Crippen molar-refractivity contribution >= 4 is 19.5 Å². The molecule has 2 rings (SSSR count). The molecule has 2 aliphatic rings. The minimum atomic E-state index is -3.83. The van der Waals surface area contributed by atoms with Gasteiger partial charge in [0, 0.05) is 6.92 Å². The van der Waals surface area contributed by atoms with E-state index in [4.69, 9.17) is 9.84 Å². The fourth-order valence-corrected chi connectivity index (χ4v) is 4.70. The number of carboxylic acid groups (broad SMARTS) is 1. The van der Waals surface area contributed by atoms with Gasteiger partial charge in [-0.15, -0.1) is 0 Å². The van der Waals surface area contributed by atoms with Gasteiger partial charge in [0.1, 0.15) is 6.04 Å². The lowest BCUT2D eigenvalue weighted by Gasteiger charge is -2.47. The largest absolute Gasteiger partial charge is 0.480 e. The Morgan fingerprint density at radius 1 is 1.44 bits per heavy atom. The number of carbonyl (C=O) groups excluding carboxylic acids is 1. The molecule has 8 heteroatoms. The van der Waals surface area contributed by atoms with Crippen LogP contribution in [-0.4, -0.2) is 44.5 Å². The van der Waals surface area contributed by atoms with E-state index < -0.39 is 37.4 Å². The molecule has 0 aromatic heterocycles. The van der Waals surface area contributed by atoms with Gasteiger partial charge in [0.25, 0.3) is 0 Å². The van der Waals surface area contributed by atoms with Gasteiger partial charge in [-0.05, 0) is 12.8 Å². The highest BCUT2D eigenvalue weighted by Crippen LogP contribution is 2.68. The molecule has 0 bridgehead atoms. The van der Waals surface area contributed by atoms with Gasteiger partial charge in [-0.25, -0.2) is 4.67 Å². The van der Waals surface area contributed by atoms with Crippen LogP contribution in [0.1, 0.15) is 19.8 Å². The van der Waals surface area contributed by atoms with E-state index in [0.717, 1.165) is 11.6 Å². The van der Waals surface area contributed by atoms with Crippen molar-refractivity contribution in [2.24, 2.45) is 0 Å². The van der Waals surface area contributed by atoms with E-state index in [2.05, 4.69) is 0 Å². The molecule has 2 N–H and O–H groups in total. The first-order valence-electron chi connectivity index (χ1n) is 4.87. The molecule has 16 heavy (non-hydrogen) atoms. The first-order valence-corrected chi connectivity index (χ1v) is 6.55. The van der Waals surface area contributed by atoms with Crippen LogP contribution in [0, 0.1) is 0 Å². The molecule has 4 atom stereocenters. The molecular weight excluding hydrogens is 237 g/mol. The van der Waals surface area contributed by atoms with Gasteiger partial charge < -0.3 is 14.7 Å². The molecule has 0 aromatic carbocycles. The number of hydrogen-bond acceptors (Lipinski definition) is 4. The van der Waals surface area contributed by atoms with Crippen molar-refractivity contribution in [1.82, 2.24) is 4.67 Å². The lowest BCUT2D eigenvalue weighted by atomic mass is 10.2. The highest BCUT2D eigenvalue weighted by atomic mass is 31.2. The van der Waals surface area contributed by atoms with Crippen molar-refractivity contribution in [3.63, 3.8) is 0 Å². The Labute approximate surface area is 91.5 Å². The second-order valence-electron chi connectivity index (χ2n) is 3.97. The van der Waals surface area contributed by atoms with Gasteiger partial charge in [-0.2, -0.15) is 0 Å². The standard InChI is InChI=1S/C8H12NO6P/c1-4(10)15-8-6-3-2-5(7(11)12)9(6)16(8,13)14/h5-6,8H,2-3H2,1H3,(H,11,12)(H,13,14). The summed E-state index contributed by atoms with van der Waals surface area (Å²) in [5, 5.41) is 8.85. The van der Waals surface area contributed by atoms with Gasteiger partial charge in [0.15, 0.2) is 0 Å². The summed E-state index contributed by atoms with van der Waals surface area (Å²) >= 11 is 0. The average molecular weight is 249 g/mol. The molecule has 2 aliphatic heterocycles. The third kappa shape index (κ3) is 1.47. The molecule has 7 nitrogen and oxygen atoms in total. The Morgan fingerprint density at radius 2 is 2.06 bits per heavy atom. The second kappa shape index (κ2) is 3.55. The summed E-state index contributed by atoms with van der Waals surface area (Å²) in [5.41, 5.74) is 0. The van der Waals surface area contributed by atoms with Crippen LogP contribution >= 0.6 is 7.52 Å². The van der Waals surface area contributed by atoms with Gasteiger partial charge in [0.2, 0.25) is 5.85 Å². The van der Waals surface area contributed by atoms with E-state index in [1.54, 1.807) is 0 Å². The van der Waals surface area contributed by atoms with Crippen LogP contribution in [-0.2, 0) is 18.9 Å². The number of esters is 1. The monoisotopic (exact) mass is 249 g/mol. The summed E-state index contributed by atoms with van der Waals surface area (Å²) in [6, 6.07) is -1.37. The maximum absolute atomic E-state index is 11.8. The fraction of sp³-hybridized carbons (Fsp3) is 0.750. The molecule has 0 amide bonds. The summed E-state index contributed by atoms with van der Waals surface area (Å²) in [5.74, 6) is -2.80. The first kappa shape index (κ1) is 11.6. The lowest BCUT2D eigenvalue weighted by Crippen LogP contribution is -2.56. The number of fused-ring (bicyclic) bond motifs is 1. The summed E-state index contributed by atoms with van der Waals surface area (Å²) in [4.78, 5) is 31.2. The summed E-state index contributed by atoms with van der Waals surface area (Å²) in [6.07, 6.45) is 0.766. The number of hydrogen-bond donors (Lipinski definition) is 2. The van der Waals surface area contributed by atoms with Gasteiger partial charge >= 0.3 is 19.5 Å². The number of nitrogens with zero attached hydrogens (tertiary/aromatic N) is 1. The third-order valence-electron chi connectivity index (χ3n) is 2.96. The van der Waals surface area contributed by atoms with Crippen LogP contribution in [0.2, 0.25) is 0 Å². The van der Waals surface area contributed by atoms with Crippen molar-refractivity contribution in [2.45, 2.75) is 37.7 Å². The van der Waals surface area contributed by atoms with Gasteiger partial charge in [0.05, 0.1) is 6.04 Å². The topological polar surface area (TPSA) is 104 Å². The molecule has 0 spiro atoms. The SMILES string of the molecule is CC(=O)OC1C2CCC(C(=O)O)N2P1(=O)O. The molecule has 0 radical (unpaired) electrons. The minimum Gasteiger partial charge on any atom is -0.480 e.